The van der Waals surface area contributed by atoms with Gasteiger partial charge in [-0.3, -0.25) is 14.5 Å². The summed E-state index contributed by atoms with van der Waals surface area (Å²) in [6, 6.07) is 18.4. The Bertz CT molecular complexity index is 948. The molecule has 2 N–H and O–H groups in total. The van der Waals surface area contributed by atoms with Gasteiger partial charge in [-0.1, -0.05) is 61.9 Å². The van der Waals surface area contributed by atoms with E-state index in [2.05, 4.69) is 22.5 Å². The number of Topliss-reactive ketones (excluding diaryl/α,β-unsaturated/α-hetero) is 1. The molecule has 0 saturated carbocycles. The Morgan fingerprint density at radius 3 is 2.38 bits per heavy atom. The number of piperidine rings is 1. The van der Waals surface area contributed by atoms with Gasteiger partial charge < -0.3 is 15.5 Å². The van der Waals surface area contributed by atoms with Gasteiger partial charge in [0.1, 0.15) is 5.54 Å². The highest BCUT2D eigenvalue weighted by Crippen LogP contribution is 2.37. The van der Waals surface area contributed by atoms with E-state index in [0.29, 0.717) is 44.7 Å². The Morgan fingerprint density at radius 2 is 1.74 bits per heavy atom. The number of rotatable bonds is 10. The molecular weight excluding hydrogens is 431 g/mol. The van der Waals surface area contributed by atoms with Gasteiger partial charge >= 0.3 is 0 Å². The van der Waals surface area contributed by atoms with Crippen LogP contribution in [0, 0.1) is 0 Å². The summed E-state index contributed by atoms with van der Waals surface area (Å²) in [4.78, 5) is 29.9. The molecule has 2 aliphatic rings. The predicted octanol–water partition coefficient (Wildman–Crippen LogP) is 3.74. The summed E-state index contributed by atoms with van der Waals surface area (Å²) in [5.74, 6) is -0.0527. The van der Waals surface area contributed by atoms with E-state index in [1.807, 2.05) is 48.5 Å². The summed E-state index contributed by atoms with van der Waals surface area (Å²) in [5.41, 5.74) is 0.957. The lowest BCUT2D eigenvalue weighted by Gasteiger charge is -2.44. The SMILES string of the molecule is CCCCNC(CC(F)N1CCC2(CC1)C(=O)NCN2c1ccccc1)C(=O)c1ccccc1. The fraction of sp³-hybridized carbons (Fsp3) is 0.481. The van der Waals surface area contributed by atoms with Gasteiger partial charge in [-0.15, -0.1) is 0 Å². The fourth-order valence-electron chi connectivity index (χ4n) is 5.09. The minimum atomic E-state index is -1.25. The molecule has 2 saturated heterocycles. The molecule has 1 spiro atoms. The zero-order valence-electron chi connectivity index (χ0n) is 19.9. The molecule has 2 aromatic rings. The summed E-state index contributed by atoms with van der Waals surface area (Å²) < 4.78 is 15.5. The number of anilines is 1. The van der Waals surface area contributed by atoms with Crippen LogP contribution >= 0.6 is 0 Å². The second kappa shape index (κ2) is 11.1. The summed E-state index contributed by atoms with van der Waals surface area (Å²) in [5, 5.41) is 6.27. The van der Waals surface area contributed by atoms with Gasteiger partial charge in [0.05, 0.1) is 12.7 Å². The summed E-state index contributed by atoms with van der Waals surface area (Å²) in [6.45, 7) is 4.19. The molecule has 2 heterocycles. The van der Waals surface area contributed by atoms with Crippen molar-refractivity contribution in [2.45, 2.75) is 56.9 Å². The number of benzene rings is 2. The zero-order valence-corrected chi connectivity index (χ0v) is 19.9. The number of carbonyl (C=O) groups is 2. The highest BCUT2D eigenvalue weighted by Gasteiger charge is 2.51. The Morgan fingerprint density at radius 1 is 1.09 bits per heavy atom. The minimum absolute atomic E-state index is 0.0183. The molecule has 34 heavy (non-hydrogen) atoms. The number of alkyl halides is 1. The van der Waals surface area contributed by atoms with Crippen molar-refractivity contribution in [2.24, 2.45) is 0 Å². The molecule has 2 fully saturated rings. The van der Waals surface area contributed by atoms with E-state index in [9.17, 15) is 9.59 Å². The number of halogens is 1. The Hall–Kier alpha value is -2.77. The molecule has 0 bridgehead atoms. The molecule has 2 atom stereocenters. The molecule has 2 unspecified atom stereocenters. The van der Waals surface area contributed by atoms with Crippen LogP contribution in [0.3, 0.4) is 0 Å². The molecular formula is C27H35FN4O2. The monoisotopic (exact) mass is 466 g/mol. The normalized spacial score (nSPS) is 19.7. The lowest BCUT2D eigenvalue weighted by atomic mass is 9.85. The number of hydrogen-bond donors (Lipinski definition) is 2. The predicted molar refractivity (Wildman–Crippen MR) is 132 cm³/mol. The number of likely N-dealkylation sites (tertiary alicyclic amines) is 1. The van der Waals surface area contributed by atoms with E-state index in [4.69, 9.17) is 0 Å². The van der Waals surface area contributed by atoms with Gasteiger partial charge in [-0.25, -0.2) is 4.39 Å². The number of ketones is 1. The topological polar surface area (TPSA) is 64.7 Å². The number of nitrogens with one attached hydrogen (secondary N) is 2. The lowest BCUT2D eigenvalue weighted by Crippen LogP contribution is -2.58. The first kappa shape index (κ1) is 24.4. The van der Waals surface area contributed by atoms with E-state index < -0.39 is 17.9 Å². The lowest BCUT2D eigenvalue weighted by molar-refractivity contribution is -0.125. The number of nitrogens with zero attached hydrogens (tertiary/aromatic N) is 2. The number of hydrogen-bond acceptors (Lipinski definition) is 5. The van der Waals surface area contributed by atoms with Crippen molar-refractivity contribution in [1.82, 2.24) is 15.5 Å². The smallest absolute Gasteiger partial charge is 0.247 e. The maximum atomic E-state index is 15.5. The van der Waals surface area contributed by atoms with Crippen molar-refractivity contribution in [3.63, 3.8) is 0 Å². The molecule has 6 nitrogen and oxygen atoms in total. The first-order chi connectivity index (χ1) is 16.5. The third-order valence-electron chi connectivity index (χ3n) is 7.15. The average Bonchev–Trinajstić information content (AvgIpc) is 3.19. The Balaban J connectivity index is 1.41. The fourth-order valence-corrected chi connectivity index (χ4v) is 5.09. The summed E-state index contributed by atoms with van der Waals surface area (Å²) >= 11 is 0. The largest absolute Gasteiger partial charge is 0.339 e. The first-order valence-corrected chi connectivity index (χ1v) is 12.4. The van der Waals surface area contributed by atoms with Crippen molar-refractivity contribution in [3.05, 3.63) is 66.2 Å². The first-order valence-electron chi connectivity index (χ1n) is 12.4. The number of carbonyl (C=O) groups excluding carboxylic acids is 2. The van der Waals surface area contributed by atoms with Gasteiger partial charge in [0.2, 0.25) is 5.91 Å². The summed E-state index contributed by atoms with van der Waals surface area (Å²) in [7, 11) is 0. The van der Waals surface area contributed by atoms with Crippen LogP contribution in [0.4, 0.5) is 10.1 Å². The van der Waals surface area contributed by atoms with Crippen LogP contribution in [0.25, 0.3) is 0 Å². The molecule has 0 radical (unpaired) electrons. The van der Waals surface area contributed by atoms with Gasteiger partial charge in [0.25, 0.3) is 0 Å². The molecule has 2 aromatic carbocycles. The quantitative estimate of drug-likeness (QED) is 0.317. The highest BCUT2D eigenvalue weighted by molar-refractivity contribution is 6.00. The van der Waals surface area contributed by atoms with Gasteiger partial charge in [-0.2, -0.15) is 0 Å². The number of amides is 1. The highest BCUT2D eigenvalue weighted by atomic mass is 19.1. The van der Waals surface area contributed by atoms with E-state index in [-0.39, 0.29) is 18.1 Å². The van der Waals surface area contributed by atoms with Gasteiger partial charge in [-0.05, 0) is 37.9 Å². The van der Waals surface area contributed by atoms with E-state index in [1.54, 1.807) is 17.0 Å². The van der Waals surface area contributed by atoms with Crippen LogP contribution < -0.4 is 15.5 Å². The number of unbranched alkanes of at least 4 members (excludes halogenated alkanes) is 1. The van der Waals surface area contributed by atoms with Crippen LogP contribution in [0.2, 0.25) is 0 Å². The van der Waals surface area contributed by atoms with E-state index in [0.717, 1.165) is 18.5 Å². The van der Waals surface area contributed by atoms with Gasteiger partial charge in [0.15, 0.2) is 12.1 Å². The second-order valence-corrected chi connectivity index (χ2v) is 9.26. The van der Waals surface area contributed by atoms with Crippen LogP contribution in [-0.2, 0) is 4.79 Å². The third kappa shape index (κ3) is 5.15. The van der Waals surface area contributed by atoms with Crippen LogP contribution in [0.15, 0.2) is 60.7 Å². The summed E-state index contributed by atoms with van der Waals surface area (Å²) in [6.07, 6.45) is 1.89. The van der Waals surface area contributed by atoms with E-state index >= 15 is 4.39 Å². The number of para-hydroxylation sites is 1. The molecule has 182 valence electrons. The van der Waals surface area contributed by atoms with E-state index in [1.165, 1.54) is 0 Å². The van der Waals surface area contributed by atoms with Crippen molar-refractivity contribution >= 4 is 17.4 Å². The zero-order chi connectivity index (χ0) is 24.0. The average molecular weight is 467 g/mol. The van der Waals surface area contributed by atoms with Crippen molar-refractivity contribution in [2.75, 3.05) is 31.2 Å². The van der Waals surface area contributed by atoms with Crippen molar-refractivity contribution < 1.29 is 14.0 Å². The maximum Gasteiger partial charge on any atom is 0.247 e. The molecule has 7 heteroatoms. The molecule has 1 amide bonds. The van der Waals surface area contributed by atoms with Gasteiger partial charge in [0, 0.05) is 30.8 Å². The Kier molecular flexibility index (Phi) is 7.95. The molecule has 2 aliphatic heterocycles. The molecule has 4 rings (SSSR count). The molecule has 0 aromatic heterocycles. The maximum absolute atomic E-state index is 15.5. The minimum Gasteiger partial charge on any atom is -0.339 e. The standard InChI is InChI=1S/C27H35FN4O2/c1-2-3-16-29-23(25(33)21-10-6-4-7-11-21)19-24(28)31-17-14-27(15-18-31)26(34)30-20-32(27)22-12-8-5-9-13-22/h4-13,23-24,29H,2-3,14-20H2,1H3,(H,30,34). The van der Waals surface area contributed by atoms with Crippen molar-refractivity contribution in [1.29, 1.82) is 0 Å². The van der Waals surface area contributed by atoms with Crippen LogP contribution in [-0.4, -0.2) is 60.8 Å². The Labute approximate surface area is 201 Å². The van der Waals surface area contributed by atoms with Crippen LogP contribution in [0.1, 0.15) is 49.4 Å². The second-order valence-electron chi connectivity index (χ2n) is 9.26. The third-order valence-corrected chi connectivity index (χ3v) is 7.15. The van der Waals surface area contributed by atoms with Crippen LogP contribution in [0.5, 0.6) is 0 Å². The van der Waals surface area contributed by atoms with Crippen molar-refractivity contribution in [3.8, 4) is 0 Å². The molecule has 0 aliphatic carbocycles.